The van der Waals surface area contributed by atoms with Gasteiger partial charge in [0.1, 0.15) is 0 Å². The Labute approximate surface area is 123 Å². The molecule has 0 rings (SSSR count). The standard InChI is InChI=1S/C13H28N2O4S/c1-4-11-15(12-5-2)20(17,18)14-10-8-6-7-9-13(16)19-3/h14H,4-12H2,1-3H3. The van der Waals surface area contributed by atoms with E-state index in [0.717, 1.165) is 32.1 Å². The molecule has 6 nitrogen and oxygen atoms in total. The Morgan fingerprint density at radius 3 is 2.20 bits per heavy atom. The largest absolute Gasteiger partial charge is 0.469 e. The molecule has 1 N–H and O–H groups in total. The number of esters is 1. The van der Waals surface area contributed by atoms with Crippen molar-refractivity contribution in [2.24, 2.45) is 0 Å². The third-order valence-corrected chi connectivity index (χ3v) is 4.47. The van der Waals surface area contributed by atoms with E-state index < -0.39 is 10.2 Å². The Bertz CT molecular complexity index is 351. The molecule has 7 heteroatoms. The summed E-state index contributed by atoms with van der Waals surface area (Å²) in [5.74, 6) is -0.220. The fourth-order valence-electron chi connectivity index (χ4n) is 1.82. The number of ether oxygens (including phenoxy) is 1. The molecule has 0 fully saturated rings. The lowest BCUT2D eigenvalue weighted by Gasteiger charge is -2.21. The molecule has 0 aliphatic carbocycles. The van der Waals surface area contributed by atoms with Crippen LogP contribution in [-0.2, 0) is 19.7 Å². The van der Waals surface area contributed by atoms with Gasteiger partial charge in [-0.3, -0.25) is 4.79 Å². The molecule has 0 saturated carbocycles. The molecule has 0 aliphatic heterocycles. The summed E-state index contributed by atoms with van der Waals surface area (Å²) in [7, 11) is -2.00. The van der Waals surface area contributed by atoms with Crippen LogP contribution in [0.4, 0.5) is 0 Å². The van der Waals surface area contributed by atoms with Gasteiger partial charge in [-0.1, -0.05) is 20.3 Å². The van der Waals surface area contributed by atoms with Gasteiger partial charge in [-0.05, 0) is 25.7 Å². The maximum Gasteiger partial charge on any atom is 0.305 e. The molecule has 0 spiro atoms. The molecule has 0 aromatic heterocycles. The molecule has 0 heterocycles. The van der Waals surface area contributed by atoms with Crippen molar-refractivity contribution in [2.75, 3.05) is 26.7 Å². The van der Waals surface area contributed by atoms with Crippen molar-refractivity contribution in [3.8, 4) is 0 Å². The number of rotatable bonds is 12. The van der Waals surface area contributed by atoms with E-state index in [1.165, 1.54) is 11.4 Å². The van der Waals surface area contributed by atoms with E-state index in [9.17, 15) is 13.2 Å². The lowest BCUT2D eigenvalue weighted by atomic mass is 10.2. The first kappa shape index (κ1) is 19.3. The van der Waals surface area contributed by atoms with Crippen LogP contribution in [-0.4, -0.2) is 45.4 Å². The first-order chi connectivity index (χ1) is 9.47. The molecule has 0 aromatic carbocycles. The van der Waals surface area contributed by atoms with Crippen molar-refractivity contribution in [1.29, 1.82) is 0 Å². The number of unbranched alkanes of at least 4 members (excludes halogenated alkanes) is 2. The van der Waals surface area contributed by atoms with Crippen LogP contribution in [0.25, 0.3) is 0 Å². The summed E-state index contributed by atoms with van der Waals surface area (Å²) in [6.07, 6.45) is 4.25. The van der Waals surface area contributed by atoms with Gasteiger partial charge in [0.05, 0.1) is 7.11 Å². The highest BCUT2D eigenvalue weighted by Gasteiger charge is 2.19. The van der Waals surface area contributed by atoms with E-state index in [1.54, 1.807) is 0 Å². The first-order valence-electron chi connectivity index (χ1n) is 7.29. The van der Waals surface area contributed by atoms with E-state index in [2.05, 4.69) is 9.46 Å². The zero-order valence-electron chi connectivity index (χ0n) is 12.9. The van der Waals surface area contributed by atoms with Gasteiger partial charge in [0, 0.05) is 26.1 Å². The molecule has 120 valence electrons. The van der Waals surface area contributed by atoms with Crippen LogP contribution in [0.15, 0.2) is 0 Å². The van der Waals surface area contributed by atoms with Crippen LogP contribution in [0.5, 0.6) is 0 Å². The number of nitrogens with one attached hydrogen (secondary N) is 1. The second kappa shape index (κ2) is 11.0. The van der Waals surface area contributed by atoms with Crippen molar-refractivity contribution in [3.63, 3.8) is 0 Å². The fraction of sp³-hybridized carbons (Fsp3) is 0.923. The number of carbonyl (C=O) groups excluding carboxylic acids is 1. The number of hydrogen-bond donors (Lipinski definition) is 1. The fourth-order valence-corrected chi connectivity index (χ4v) is 3.25. The van der Waals surface area contributed by atoms with Crippen molar-refractivity contribution in [3.05, 3.63) is 0 Å². The van der Waals surface area contributed by atoms with Crippen LogP contribution >= 0.6 is 0 Å². The van der Waals surface area contributed by atoms with Crippen molar-refractivity contribution < 1.29 is 17.9 Å². The maximum absolute atomic E-state index is 12.0. The van der Waals surface area contributed by atoms with Crippen LogP contribution in [0.1, 0.15) is 52.4 Å². The van der Waals surface area contributed by atoms with Gasteiger partial charge in [-0.25, -0.2) is 4.72 Å². The topological polar surface area (TPSA) is 75.7 Å². The zero-order chi connectivity index (χ0) is 15.4. The SMILES string of the molecule is CCCN(CCC)S(=O)(=O)NCCCCCC(=O)OC. The number of carbonyl (C=O) groups is 1. The van der Waals surface area contributed by atoms with Gasteiger partial charge in [0.15, 0.2) is 0 Å². The summed E-state index contributed by atoms with van der Waals surface area (Å²) in [6.45, 7) is 5.43. The van der Waals surface area contributed by atoms with Gasteiger partial charge in [0.2, 0.25) is 0 Å². The molecular formula is C13H28N2O4S. The van der Waals surface area contributed by atoms with Gasteiger partial charge in [0.25, 0.3) is 10.2 Å². The van der Waals surface area contributed by atoms with E-state index in [4.69, 9.17) is 0 Å². The van der Waals surface area contributed by atoms with Gasteiger partial charge < -0.3 is 4.74 Å². The first-order valence-corrected chi connectivity index (χ1v) is 8.73. The second-order valence-corrected chi connectivity index (χ2v) is 6.44. The summed E-state index contributed by atoms with van der Waals surface area (Å²) in [4.78, 5) is 10.9. The van der Waals surface area contributed by atoms with Gasteiger partial charge >= 0.3 is 5.97 Å². The third kappa shape index (κ3) is 8.50. The molecule has 0 unspecified atom stereocenters. The summed E-state index contributed by atoms with van der Waals surface area (Å²) < 4.78 is 32.7. The Morgan fingerprint density at radius 2 is 1.70 bits per heavy atom. The molecule has 0 atom stereocenters. The Kier molecular flexibility index (Phi) is 10.7. The summed E-state index contributed by atoms with van der Waals surface area (Å²) in [5.41, 5.74) is 0. The third-order valence-electron chi connectivity index (χ3n) is 2.86. The highest BCUT2D eigenvalue weighted by Crippen LogP contribution is 2.04. The smallest absolute Gasteiger partial charge is 0.305 e. The van der Waals surface area contributed by atoms with E-state index in [-0.39, 0.29) is 5.97 Å². The van der Waals surface area contributed by atoms with Crippen molar-refractivity contribution >= 4 is 16.2 Å². The minimum Gasteiger partial charge on any atom is -0.469 e. The summed E-state index contributed by atoms with van der Waals surface area (Å²) in [6, 6.07) is 0. The van der Waals surface area contributed by atoms with Crippen LogP contribution in [0.3, 0.4) is 0 Å². The monoisotopic (exact) mass is 308 g/mol. The molecule has 20 heavy (non-hydrogen) atoms. The Hall–Kier alpha value is -0.660. The number of hydrogen-bond acceptors (Lipinski definition) is 4. The quantitative estimate of drug-likeness (QED) is 0.439. The summed E-state index contributed by atoms with van der Waals surface area (Å²) >= 11 is 0. The maximum atomic E-state index is 12.0. The predicted octanol–water partition coefficient (Wildman–Crippen LogP) is 1.68. The highest BCUT2D eigenvalue weighted by atomic mass is 32.2. The average Bonchev–Trinajstić information content (AvgIpc) is 2.42. The number of nitrogens with zero attached hydrogens (tertiary/aromatic N) is 1. The van der Waals surface area contributed by atoms with E-state index >= 15 is 0 Å². The van der Waals surface area contributed by atoms with Crippen molar-refractivity contribution in [1.82, 2.24) is 9.03 Å². The van der Waals surface area contributed by atoms with E-state index in [1.807, 2.05) is 13.8 Å². The number of methoxy groups -OCH3 is 1. The average molecular weight is 308 g/mol. The Morgan fingerprint density at radius 1 is 1.10 bits per heavy atom. The van der Waals surface area contributed by atoms with Crippen LogP contribution in [0, 0.1) is 0 Å². The molecular weight excluding hydrogens is 280 g/mol. The molecule has 0 saturated heterocycles. The molecule has 0 bridgehead atoms. The molecule has 0 amide bonds. The Balaban J connectivity index is 3.94. The molecule has 0 radical (unpaired) electrons. The highest BCUT2D eigenvalue weighted by molar-refractivity contribution is 7.87. The zero-order valence-corrected chi connectivity index (χ0v) is 13.7. The lowest BCUT2D eigenvalue weighted by molar-refractivity contribution is -0.140. The second-order valence-electron chi connectivity index (χ2n) is 4.69. The minimum absolute atomic E-state index is 0.220. The normalized spacial score (nSPS) is 11.8. The lowest BCUT2D eigenvalue weighted by Crippen LogP contribution is -2.41. The minimum atomic E-state index is -3.36. The van der Waals surface area contributed by atoms with Gasteiger partial charge in [-0.2, -0.15) is 12.7 Å². The van der Waals surface area contributed by atoms with Crippen molar-refractivity contribution in [2.45, 2.75) is 52.4 Å². The van der Waals surface area contributed by atoms with Crippen LogP contribution in [0.2, 0.25) is 0 Å². The molecule has 0 aromatic rings. The van der Waals surface area contributed by atoms with E-state index in [0.29, 0.717) is 26.1 Å². The summed E-state index contributed by atoms with van der Waals surface area (Å²) in [5, 5.41) is 0. The van der Waals surface area contributed by atoms with Crippen LogP contribution < -0.4 is 4.72 Å². The van der Waals surface area contributed by atoms with Gasteiger partial charge in [-0.15, -0.1) is 0 Å². The predicted molar refractivity (Wildman–Crippen MR) is 79.6 cm³/mol. The molecule has 0 aliphatic rings.